The Hall–Kier alpha value is -1.88. The zero-order chi connectivity index (χ0) is 14.5. The minimum absolute atomic E-state index is 0.0384. The molecule has 1 N–H and O–H groups in total. The number of carbonyl (C=O) groups excluding carboxylic acids is 1. The van der Waals surface area contributed by atoms with Crippen molar-refractivity contribution in [3.63, 3.8) is 0 Å². The van der Waals surface area contributed by atoms with Gasteiger partial charge in [-0.05, 0) is 18.4 Å². The number of nitrogens with one attached hydrogen (secondary N) is 1. The maximum Gasteiger partial charge on any atom is 0.317 e. The minimum Gasteiger partial charge on any atom is -0.334 e. The van der Waals surface area contributed by atoms with Gasteiger partial charge >= 0.3 is 6.03 Å². The molecule has 2 aromatic rings. The maximum atomic E-state index is 12.2. The summed E-state index contributed by atoms with van der Waals surface area (Å²) in [6.45, 7) is 2.21. The molecule has 1 aromatic heterocycles. The first-order valence-corrected chi connectivity index (χ1v) is 8.17. The molecule has 110 valence electrons. The van der Waals surface area contributed by atoms with Crippen LogP contribution in [0.4, 0.5) is 4.79 Å². The smallest absolute Gasteiger partial charge is 0.317 e. The molecular weight excluding hydrogens is 282 g/mol. The standard InChI is InChI=1S/C16H19N3OS/c20-16(18-12-13-4-2-1-3-5-13)19-9-6-14(7-10-19)15-17-8-11-21-15/h1-5,8,11,14H,6-7,9-10,12H2,(H,18,20). The first-order valence-electron chi connectivity index (χ1n) is 7.29. The molecule has 0 spiro atoms. The van der Waals surface area contributed by atoms with Crippen LogP contribution in [0.25, 0.3) is 0 Å². The molecule has 5 heteroatoms. The normalized spacial score (nSPS) is 15.9. The van der Waals surface area contributed by atoms with Crippen LogP contribution in [0.15, 0.2) is 41.9 Å². The number of nitrogens with zero attached hydrogens (tertiary/aromatic N) is 2. The van der Waals surface area contributed by atoms with Gasteiger partial charge < -0.3 is 10.2 Å². The average molecular weight is 301 g/mol. The number of carbonyl (C=O) groups is 1. The Morgan fingerprint density at radius 3 is 2.71 bits per heavy atom. The lowest BCUT2D eigenvalue weighted by Gasteiger charge is -2.31. The molecule has 1 aliphatic rings. The van der Waals surface area contributed by atoms with E-state index in [-0.39, 0.29) is 6.03 Å². The lowest BCUT2D eigenvalue weighted by atomic mass is 9.98. The molecule has 1 aliphatic heterocycles. The molecule has 1 fully saturated rings. The highest BCUT2D eigenvalue weighted by molar-refractivity contribution is 7.09. The number of piperidine rings is 1. The Bertz CT molecular complexity index is 562. The molecule has 0 radical (unpaired) electrons. The van der Waals surface area contributed by atoms with Crippen molar-refractivity contribution >= 4 is 17.4 Å². The van der Waals surface area contributed by atoms with Crippen LogP contribution in [0, 0.1) is 0 Å². The quantitative estimate of drug-likeness (QED) is 0.946. The van der Waals surface area contributed by atoms with Gasteiger partial charge in [0.05, 0.1) is 5.01 Å². The topological polar surface area (TPSA) is 45.2 Å². The number of thiazole rings is 1. The van der Waals surface area contributed by atoms with Crippen molar-refractivity contribution < 1.29 is 4.79 Å². The van der Waals surface area contributed by atoms with Gasteiger partial charge in [0.15, 0.2) is 0 Å². The number of hydrogen-bond acceptors (Lipinski definition) is 3. The predicted molar refractivity (Wildman–Crippen MR) is 84.3 cm³/mol. The van der Waals surface area contributed by atoms with Crippen molar-refractivity contribution in [3.05, 3.63) is 52.5 Å². The Kier molecular flexibility index (Phi) is 4.50. The Morgan fingerprint density at radius 1 is 1.29 bits per heavy atom. The monoisotopic (exact) mass is 301 g/mol. The van der Waals surface area contributed by atoms with Gasteiger partial charge in [0.25, 0.3) is 0 Å². The second kappa shape index (κ2) is 6.72. The number of rotatable bonds is 3. The molecule has 0 saturated carbocycles. The average Bonchev–Trinajstić information content (AvgIpc) is 3.08. The van der Waals surface area contributed by atoms with E-state index in [1.807, 2.05) is 46.8 Å². The van der Waals surface area contributed by atoms with E-state index in [1.54, 1.807) is 11.3 Å². The van der Waals surface area contributed by atoms with Gasteiger partial charge in [-0.2, -0.15) is 0 Å². The third-order valence-electron chi connectivity index (χ3n) is 3.87. The van der Waals surface area contributed by atoms with Gasteiger partial charge in [0.1, 0.15) is 0 Å². The molecule has 1 saturated heterocycles. The van der Waals surface area contributed by atoms with E-state index in [9.17, 15) is 4.79 Å². The highest BCUT2D eigenvalue weighted by Gasteiger charge is 2.24. The summed E-state index contributed by atoms with van der Waals surface area (Å²) < 4.78 is 0. The van der Waals surface area contributed by atoms with Crippen molar-refractivity contribution in [2.45, 2.75) is 25.3 Å². The maximum absolute atomic E-state index is 12.2. The summed E-state index contributed by atoms with van der Waals surface area (Å²) in [5, 5.41) is 6.22. The highest BCUT2D eigenvalue weighted by Crippen LogP contribution is 2.29. The van der Waals surface area contributed by atoms with Gasteiger partial charge in [-0.1, -0.05) is 30.3 Å². The predicted octanol–water partition coefficient (Wildman–Crippen LogP) is 3.23. The van der Waals surface area contributed by atoms with Crippen LogP contribution < -0.4 is 5.32 Å². The molecule has 21 heavy (non-hydrogen) atoms. The molecule has 2 amide bonds. The SMILES string of the molecule is O=C(NCc1ccccc1)N1CCC(c2nccs2)CC1. The van der Waals surface area contributed by atoms with Gasteiger partial charge in [0.2, 0.25) is 0 Å². The molecule has 2 heterocycles. The summed E-state index contributed by atoms with van der Waals surface area (Å²) in [7, 11) is 0. The fourth-order valence-electron chi connectivity index (χ4n) is 2.65. The fraction of sp³-hybridized carbons (Fsp3) is 0.375. The van der Waals surface area contributed by atoms with Crippen LogP contribution >= 0.6 is 11.3 Å². The summed E-state index contributed by atoms with van der Waals surface area (Å²) >= 11 is 1.72. The van der Waals surface area contributed by atoms with E-state index < -0.39 is 0 Å². The van der Waals surface area contributed by atoms with Gasteiger partial charge in [-0.25, -0.2) is 9.78 Å². The van der Waals surface area contributed by atoms with Crippen LogP contribution in [-0.4, -0.2) is 29.0 Å². The third-order valence-corrected chi connectivity index (χ3v) is 4.81. The van der Waals surface area contributed by atoms with Crippen LogP contribution in [0.2, 0.25) is 0 Å². The zero-order valence-electron chi connectivity index (χ0n) is 11.9. The summed E-state index contributed by atoms with van der Waals surface area (Å²) in [4.78, 5) is 18.5. The van der Waals surface area contributed by atoms with Crippen LogP contribution in [0.1, 0.15) is 29.3 Å². The van der Waals surface area contributed by atoms with E-state index in [4.69, 9.17) is 0 Å². The van der Waals surface area contributed by atoms with Crippen molar-refractivity contribution in [2.75, 3.05) is 13.1 Å². The molecule has 0 bridgehead atoms. The van der Waals surface area contributed by atoms with E-state index in [0.29, 0.717) is 12.5 Å². The molecule has 0 aliphatic carbocycles. The van der Waals surface area contributed by atoms with Crippen LogP contribution in [0.5, 0.6) is 0 Å². The Labute approximate surface area is 128 Å². The number of urea groups is 1. The summed E-state index contributed by atoms with van der Waals surface area (Å²) in [6, 6.07) is 10.0. The summed E-state index contributed by atoms with van der Waals surface area (Å²) in [5.74, 6) is 0.517. The Morgan fingerprint density at radius 2 is 2.05 bits per heavy atom. The highest BCUT2D eigenvalue weighted by atomic mass is 32.1. The molecule has 3 rings (SSSR count). The van der Waals surface area contributed by atoms with E-state index >= 15 is 0 Å². The van der Waals surface area contributed by atoms with Crippen molar-refractivity contribution in [3.8, 4) is 0 Å². The van der Waals surface area contributed by atoms with Crippen LogP contribution in [-0.2, 0) is 6.54 Å². The first-order chi connectivity index (χ1) is 10.3. The summed E-state index contributed by atoms with van der Waals surface area (Å²) in [5.41, 5.74) is 1.13. The van der Waals surface area contributed by atoms with Gasteiger partial charge in [-0.15, -0.1) is 11.3 Å². The number of hydrogen-bond donors (Lipinski definition) is 1. The molecule has 0 atom stereocenters. The molecule has 0 unspecified atom stereocenters. The lowest BCUT2D eigenvalue weighted by molar-refractivity contribution is 0.181. The largest absolute Gasteiger partial charge is 0.334 e. The Balaban J connectivity index is 1.47. The molecular formula is C16H19N3OS. The van der Waals surface area contributed by atoms with Gasteiger partial charge in [0, 0.05) is 37.1 Å². The van der Waals surface area contributed by atoms with Crippen LogP contribution in [0.3, 0.4) is 0 Å². The lowest BCUT2D eigenvalue weighted by Crippen LogP contribution is -2.43. The van der Waals surface area contributed by atoms with E-state index in [1.165, 1.54) is 5.01 Å². The van der Waals surface area contributed by atoms with E-state index in [0.717, 1.165) is 31.5 Å². The molecule has 1 aromatic carbocycles. The number of likely N-dealkylation sites (tertiary alicyclic amines) is 1. The van der Waals surface area contributed by atoms with Gasteiger partial charge in [-0.3, -0.25) is 0 Å². The third kappa shape index (κ3) is 3.61. The van der Waals surface area contributed by atoms with E-state index in [2.05, 4.69) is 10.3 Å². The number of benzene rings is 1. The first kappa shape index (κ1) is 14.1. The fourth-order valence-corrected chi connectivity index (χ4v) is 3.46. The summed E-state index contributed by atoms with van der Waals surface area (Å²) in [6.07, 6.45) is 3.87. The van der Waals surface area contributed by atoms with Crippen molar-refractivity contribution in [2.24, 2.45) is 0 Å². The second-order valence-corrected chi connectivity index (χ2v) is 6.20. The number of amides is 2. The molecule has 4 nitrogen and oxygen atoms in total. The minimum atomic E-state index is 0.0384. The second-order valence-electron chi connectivity index (χ2n) is 5.28. The van der Waals surface area contributed by atoms with Crippen molar-refractivity contribution in [1.29, 1.82) is 0 Å². The zero-order valence-corrected chi connectivity index (χ0v) is 12.7. The number of aromatic nitrogens is 1. The van der Waals surface area contributed by atoms with Crippen molar-refractivity contribution in [1.82, 2.24) is 15.2 Å².